The number of benzene rings is 2. The minimum Gasteiger partial charge on any atom is -0.225 e. The van der Waals surface area contributed by atoms with Gasteiger partial charge in [0, 0.05) is 0 Å². The summed E-state index contributed by atoms with van der Waals surface area (Å²) in [5, 5.41) is 14.2. The smallest absolute Gasteiger partial charge is 0.225 e. The van der Waals surface area contributed by atoms with E-state index in [4.69, 9.17) is 5.14 Å². The first-order valence-electron chi connectivity index (χ1n) is 7.87. The van der Waals surface area contributed by atoms with Crippen LogP contribution in [0.2, 0.25) is 0 Å². The topological polar surface area (TPSA) is 84.0 Å². The number of hydrogen-bond donors (Lipinski definition) is 1. The number of nitrogens with zero attached hydrogens (tertiary/aromatic N) is 1. The van der Waals surface area contributed by atoms with Gasteiger partial charge in [0.1, 0.15) is 10.7 Å². The zero-order chi connectivity index (χ0) is 18.2. The molecule has 2 aromatic carbocycles. The third kappa shape index (κ3) is 3.34. The van der Waals surface area contributed by atoms with E-state index in [1.807, 2.05) is 25.1 Å². The molecule has 0 atom stereocenters. The van der Waals surface area contributed by atoms with Gasteiger partial charge in [-0.25, -0.2) is 17.9 Å². The van der Waals surface area contributed by atoms with Crippen LogP contribution in [0.25, 0.3) is 11.1 Å². The van der Waals surface area contributed by atoms with Crippen molar-refractivity contribution in [2.75, 3.05) is 0 Å². The lowest BCUT2D eigenvalue weighted by Gasteiger charge is -2.11. The first-order valence-corrected chi connectivity index (χ1v) is 9.42. The number of halogens is 1. The standard InChI is InChI=1S/C19H17FN2O2S/c1-12-5-6-13(9-15(12)11-21)16-3-2-4-17(16)14-7-8-19(18(20)10-14)25(22,23)24/h5-10H,2-4H2,1H3,(H2,22,23,24). The van der Waals surface area contributed by atoms with Crippen LogP contribution in [0.3, 0.4) is 0 Å². The van der Waals surface area contributed by atoms with Gasteiger partial charge in [-0.3, -0.25) is 0 Å². The molecule has 0 radical (unpaired) electrons. The Labute approximate surface area is 146 Å². The lowest BCUT2D eigenvalue weighted by atomic mass is 9.95. The fourth-order valence-electron chi connectivity index (χ4n) is 3.23. The summed E-state index contributed by atoms with van der Waals surface area (Å²) in [6.45, 7) is 1.88. The summed E-state index contributed by atoms with van der Waals surface area (Å²) in [5.74, 6) is -0.847. The normalized spacial score (nSPS) is 14.6. The van der Waals surface area contributed by atoms with Gasteiger partial charge in [-0.05, 0) is 72.2 Å². The summed E-state index contributed by atoms with van der Waals surface area (Å²) in [7, 11) is -4.08. The monoisotopic (exact) mass is 356 g/mol. The molecule has 3 rings (SSSR count). The van der Waals surface area contributed by atoms with Crippen LogP contribution >= 0.6 is 0 Å². The lowest BCUT2D eigenvalue weighted by Crippen LogP contribution is -2.14. The Morgan fingerprint density at radius 1 is 1.08 bits per heavy atom. The fraction of sp³-hybridized carbons (Fsp3) is 0.211. The quantitative estimate of drug-likeness (QED) is 0.909. The second-order valence-corrected chi connectivity index (χ2v) is 7.67. The molecule has 25 heavy (non-hydrogen) atoms. The Morgan fingerprint density at radius 2 is 1.68 bits per heavy atom. The zero-order valence-corrected chi connectivity index (χ0v) is 14.5. The molecule has 0 aromatic heterocycles. The first-order chi connectivity index (χ1) is 11.8. The number of hydrogen-bond acceptors (Lipinski definition) is 3. The highest BCUT2D eigenvalue weighted by atomic mass is 32.2. The van der Waals surface area contributed by atoms with Gasteiger partial charge in [0.25, 0.3) is 0 Å². The van der Waals surface area contributed by atoms with Gasteiger partial charge < -0.3 is 0 Å². The molecule has 128 valence electrons. The number of aryl methyl sites for hydroxylation is 1. The van der Waals surface area contributed by atoms with Crippen molar-refractivity contribution in [2.45, 2.75) is 31.1 Å². The summed E-state index contributed by atoms with van der Waals surface area (Å²) in [6, 6.07) is 11.9. The Hall–Kier alpha value is -2.49. The maximum Gasteiger partial charge on any atom is 0.240 e. The van der Waals surface area contributed by atoms with Crippen molar-refractivity contribution >= 4 is 21.2 Å². The Kier molecular flexibility index (Phi) is 4.46. The lowest BCUT2D eigenvalue weighted by molar-refractivity contribution is 0.568. The fourth-order valence-corrected chi connectivity index (χ4v) is 3.82. The minimum atomic E-state index is -4.08. The third-order valence-corrected chi connectivity index (χ3v) is 5.46. The largest absolute Gasteiger partial charge is 0.240 e. The van der Waals surface area contributed by atoms with Gasteiger partial charge in [0.2, 0.25) is 10.0 Å². The van der Waals surface area contributed by atoms with Crippen LogP contribution < -0.4 is 5.14 Å². The number of primary sulfonamides is 1. The average Bonchev–Trinajstić information content (AvgIpc) is 3.03. The predicted octanol–water partition coefficient (Wildman–Crippen LogP) is 3.75. The van der Waals surface area contributed by atoms with Gasteiger partial charge >= 0.3 is 0 Å². The summed E-state index contributed by atoms with van der Waals surface area (Å²) in [4.78, 5) is -0.501. The van der Waals surface area contributed by atoms with E-state index >= 15 is 0 Å². The Balaban J connectivity index is 2.11. The van der Waals surface area contributed by atoms with Crippen molar-refractivity contribution in [2.24, 2.45) is 5.14 Å². The third-order valence-electron chi connectivity index (χ3n) is 4.51. The van der Waals surface area contributed by atoms with Crippen molar-refractivity contribution in [1.29, 1.82) is 5.26 Å². The zero-order valence-electron chi connectivity index (χ0n) is 13.7. The molecule has 0 heterocycles. The van der Waals surface area contributed by atoms with E-state index < -0.39 is 20.7 Å². The van der Waals surface area contributed by atoms with Gasteiger partial charge in [-0.2, -0.15) is 5.26 Å². The Bertz CT molecular complexity index is 1030. The summed E-state index contributed by atoms with van der Waals surface area (Å²) >= 11 is 0. The van der Waals surface area contributed by atoms with E-state index in [9.17, 15) is 18.1 Å². The maximum absolute atomic E-state index is 14.2. The molecule has 2 N–H and O–H groups in total. The summed E-state index contributed by atoms with van der Waals surface area (Å²) < 4.78 is 36.9. The van der Waals surface area contributed by atoms with E-state index in [1.165, 1.54) is 12.1 Å². The number of allylic oxidation sites excluding steroid dienone is 2. The van der Waals surface area contributed by atoms with E-state index in [0.29, 0.717) is 11.1 Å². The summed E-state index contributed by atoms with van der Waals surface area (Å²) in [6.07, 6.45) is 2.54. The molecule has 0 saturated heterocycles. The molecule has 0 aliphatic heterocycles. The molecule has 1 aliphatic carbocycles. The van der Waals surface area contributed by atoms with Gasteiger partial charge in [-0.15, -0.1) is 0 Å². The van der Waals surface area contributed by atoms with Crippen LogP contribution in [-0.4, -0.2) is 8.42 Å². The maximum atomic E-state index is 14.2. The molecule has 0 bridgehead atoms. The number of rotatable bonds is 3. The molecule has 0 unspecified atom stereocenters. The van der Waals surface area contributed by atoms with Crippen LogP contribution in [0.15, 0.2) is 41.3 Å². The van der Waals surface area contributed by atoms with Crippen LogP contribution in [-0.2, 0) is 10.0 Å². The molecule has 0 saturated carbocycles. The Morgan fingerprint density at radius 3 is 2.24 bits per heavy atom. The van der Waals surface area contributed by atoms with Crippen LogP contribution in [0.1, 0.15) is 41.5 Å². The average molecular weight is 356 g/mol. The minimum absolute atomic E-state index is 0.501. The van der Waals surface area contributed by atoms with E-state index in [-0.39, 0.29) is 0 Å². The van der Waals surface area contributed by atoms with E-state index in [1.54, 1.807) is 6.07 Å². The SMILES string of the molecule is Cc1ccc(C2=C(c3ccc(S(N)(=O)=O)c(F)c3)CCC2)cc1C#N. The first kappa shape index (κ1) is 17.3. The van der Waals surface area contributed by atoms with Crippen molar-refractivity contribution in [3.63, 3.8) is 0 Å². The van der Waals surface area contributed by atoms with Gasteiger partial charge in [0.05, 0.1) is 11.6 Å². The molecule has 0 amide bonds. The van der Waals surface area contributed by atoms with Crippen LogP contribution in [0.5, 0.6) is 0 Å². The number of nitriles is 1. The molecule has 1 aliphatic rings. The molecule has 2 aromatic rings. The predicted molar refractivity (Wildman–Crippen MR) is 94.3 cm³/mol. The van der Waals surface area contributed by atoms with Crippen LogP contribution in [0, 0.1) is 24.1 Å². The van der Waals surface area contributed by atoms with Crippen molar-refractivity contribution in [3.05, 3.63) is 64.5 Å². The molecular weight excluding hydrogens is 339 g/mol. The second kappa shape index (κ2) is 6.43. The van der Waals surface area contributed by atoms with Crippen molar-refractivity contribution in [1.82, 2.24) is 0 Å². The van der Waals surface area contributed by atoms with Gasteiger partial charge in [-0.1, -0.05) is 18.2 Å². The summed E-state index contributed by atoms with van der Waals surface area (Å²) in [5.41, 5.74) is 5.18. The molecular formula is C19H17FN2O2S. The van der Waals surface area contributed by atoms with Crippen molar-refractivity contribution < 1.29 is 12.8 Å². The van der Waals surface area contributed by atoms with Crippen molar-refractivity contribution in [3.8, 4) is 6.07 Å². The highest BCUT2D eigenvalue weighted by Gasteiger charge is 2.21. The van der Waals surface area contributed by atoms with Gasteiger partial charge in [0.15, 0.2) is 0 Å². The van der Waals surface area contributed by atoms with Crippen LogP contribution in [0.4, 0.5) is 4.39 Å². The number of sulfonamides is 1. The molecule has 4 nitrogen and oxygen atoms in total. The number of nitrogens with two attached hydrogens (primary N) is 1. The van der Waals surface area contributed by atoms with E-state index in [0.717, 1.165) is 41.5 Å². The second-order valence-electron chi connectivity index (χ2n) is 6.14. The molecule has 6 heteroatoms. The highest BCUT2D eigenvalue weighted by molar-refractivity contribution is 7.89. The molecule has 0 spiro atoms. The van der Waals surface area contributed by atoms with E-state index in [2.05, 4.69) is 6.07 Å². The highest BCUT2D eigenvalue weighted by Crippen LogP contribution is 2.40. The molecule has 0 fully saturated rings.